The van der Waals surface area contributed by atoms with E-state index in [1.54, 1.807) is 24.6 Å². The number of pyridine rings is 1. The number of benzene rings is 2. The van der Waals surface area contributed by atoms with E-state index in [-0.39, 0.29) is 0 Å². The summed E-state index contributed by atoms with van der Waals surface area (Å²) in [4.78, 5) is 6.95. The molecular formula is C29H30N4O3S. The Hall–Kier alpha value is -3.64. The van der Waals surface area contributed by atoms with Gasteiger partial charge >= 0.3 is 0 Å². The first-order valence-corrected chi connectivity index (χ1v) is 13.4. The fraction of sp³-hybridized carbons (Fsp3) is 0.310. The molecule has 0 aliphatic carbocycles. The number of aromatic nitrogens is 1. The number of nitrogens with zero attached hydrogens (tertiary/aromatic N) is 3. The van der Waals surface area contributed by atoms with Crippen LogP contribution in [0, 0.1) is 11.3 Å². The Balaban J connectivity index is 1.33. The summed E-state index contributed by atoms with van der Waals surface area (Å²) in [6, 6.07) is 16.5. The molecule has 37 heavy (non-hydrogen) atoms. The molecule has 5 rings (SSSR count). The normalized spacial score (nSPS) is 13.8. The van der Waals surface area contributed by atoms with Gasteiger partial charge in [0.1, 0.15) is 11.6 Å². The van der Waals surface area contributed by atoms with E-state index >= 15 is 0 Å². The van der Waals surface area contributed by atoms with Gasteiger partial charge in [-0.25, -0.2) is 0 Å². The second-order valence-corrected chi connectivity index (χ2v) is 9.72. The Bertz CT molecular complexity index is 1360. The van der Waals surface area contributed by atoms with Crippen LogP contribution in [0.25, 0.3) is 10.9 Å². The van der Waals surface area contributed by atoms with Crippen LogP contribution in [-0.4, -0.2) is 56.4 Å². The van der Waals surface area contributed by atoms with E-state index in [0.717, 1.165) is 56.8 Å². The lowest BCUT2D eigenvalue weighted by Crippen LogP contribution is -2.37. The highest BCUT2D eigenvalue weighted by Crippen LogP contribution is 2.39. The van der Waals surface area contributed by atoms with Crippen molar-refractivity contribution in [2.24, 2.45) is 0 Å². The van der Waals surface area contributed by atoms with Crippen LogP contribution < -0.4 is 14.8 Å². The third kappa shape index (κ3) is 6.03. The number of hydrogen-bond acceptors (Lipinski definition) is 8. The third-order valence-electron chi connectivity index (χ3n) is 6.47. The molecule has 0 amide bonds. The van der Waals surface area contributed by atoms with Gasteiger partial charge in [-0.3, -0.25) is 9.88 Å². The van der Waals surface area contributed by atoms with E-state index in [1.807, 2.05) is 24.3 Å². The van der Waals surface area contributed by atoms with Gasteiger partial charge in [0.2, 0.25) is 0 Å². The molecule has 7 nitrogen and oxygen atoms in total. The van der Waals surface area contributed by atoms with Gasteiger partial charge < -0.3 is 19.5 Å². The fourth-order valence-corrected chi connectivity index (χ4v) is 5.19. The van der Waals surface area contributed by atoms with Gasteiger partial charge in [0.05, 0.1) is 38.2 Å². The predicted octanol–water partition coefficient (Wildman–Crippen LogP) is 5.61. The van der Waals surface area contributed by atoms with Crippen LogP contribution >= 0.6 is 11.3 Å². The Kier molecular flexibility index (Phi) is 8.16. The first-order valence-electron chi connectivity index (χ1n) is 12.4. The molecule has 4 aromatic rings. The first kappa shape index (κ1) is 25.0. The number of methoxy groups -OCH3 is 1. The molecule has 8 heteroatoms. The summed E-state index contributed by atoms with van der Waals surface area (Å²) in [5.74, 6) is 1.22. The first-order chi connectivity index (χ1) is 18.2. The summed E-state index contributed by atoms with van der Waals surface area (Å²) < 4.78 is 17.2. The average molecular weight is 515 g/mol. The van der Waals surface area contributed by atoms with Crippen molar-refractivity contribution in [2.75, 3.05) is 51.9 Å². The number of fused-ring (bicyclic) bond motifs is 1. The molecule has 0 spiro atoms. The van der Waals surface area contributed by atoms with Gasteiger partial charge in [-0.05, 0) is 65.1 Å². The number of nitrogens with one attached hydrogen (secondary N) is 1. The van der Waals surface area contributed by atoms with Crippen LogP contribution in [0.4, 0.5) is 11.4 Å². The molecule has 2 aromatic heterocycles. The van der Waals surface area contributed by atoms with E-state index < -0.39 is 0 Å². The Morgan fingerprint density at radius 1 is 1.11 bits per heavy atom. The van der Waals surface area contributed by atoms with Crippen molar-refractivity contribution in [3.05, 3.63) is 76.1 Å². The van der Waals surface area contributed by atoms with Gasteiger partial charge in [-0.15, -0.1) is 0 Å². The Morgan fingerprint density at radius 2 is 1.95 bits per heavy atom. The molecule has 1 aliphatic rings. The van der Waals surface area contributed by atoms with Crippen LogP contribution in [0.1, 0.15) is 23.1 Å². The van der Waals surface area contributed by atoms with Crippen LogP contribution in [-0.2, 0) is 11.2 Å². The van der Waals surface area contributed by atoms with Gasteiger partial charge in [0.15, 0.2) is 11.5 Å². The summed E-state index contributed by atoms with van der Waals surface area (Å²) in [7, 11) is 1.62. The number of nitriles is 1. The second kappa shape index (κ2) is 12.1. The van der Waals surface area contributed by atoms with Crippen molar-refractivity contribution in [2.45, 2.75) is 12.8 Å². The molecule has 1 saturated heterocycles. The lowest BCUT2D eigenvalue weighted by atomic mass is 10.1. The largest absolute Gasteiger partial charge is 0.491 e. The number of ether oxygens (including phenoxy) is 3. The van der Waals surface area contributed by atoms with Gasteiger partial charge in [-0.2, -0.15) is 16.6 Å². The quantitative estimate of drug-likeness (QED) is 0.276. The van der Waals surface area contributed by atoms with Crippen molar-refractivity contribution < 1.29 is 14.2 Å². The number of rotatable bonds is 10. The van der Waals surface area contributed by atoms with Crippen molar-refractivity contribution in [1.82, 2.24) is 9.88 Å². The minimum absolute atomic E-state index is 0.469. The van der Waals surface area contributed by atoms with Crippen molar-refractivity contribution in [1.29, 1.82) is 5.26 Å². The van der Waals surface area contributed by atoms with Gasteiger partial charge in [-0.1, -0.05) is 12.1 Å². The number of anilines is 2. The van der Waals surface area contributed by atoms with Crippen LogP contribution in [0.15, 0.2) is 59.4 Å². The lowest BCUT2D eigenvalue weighted by Gasteiger charge is -2.26. The van der Waals surface area contributed by atoms with E-state index in [0.29, 0.717) is 34.9 Å². The summed E-state index contributed by atoms with van der Waals surface area (Å²) in [5, 5.41) is 18.3. The topological polar surface area (TPSA) is 79.6 Å². The summed E-state index contributed by atoms with van der Waals surface area (Å²) in [5.41, 5.74) is 5.28. The van der Waals surface area contributed by atoms with Crippen LogP contribution in [0.3, 0.4) is 0 Å². The van der Waals surface area contributed by atoms with Crippen molar-refractivity contribution >= 4 is 33.6 Å². The van der Waals surface area contributed by atoms with E-state index in [1.165, 1.54) is 11.1 Å². The maximum Gasteiger partial charge on any atom is 0.187 e. The summed E-state index contributed by atoms with van der Waals surface area (Å²) in [6.45, 7) is 5.09. The molecule has 3 heterocycles. The van der Waals surface area contributed by atoms with E-state index in [9.17, 15) is 5.26 Å². The molecule has 1 fully saturated rings. The molecule has 0 saturated carbocycles. The van der Waals surface area contributed by atoms with Crippen LogP contribution in [0.5, 0.6) is 11.5 Å². The molecule has 190 valence electrons. The monoisotopic (exact) mass is 514 g/mol. The zero-order chi connectivity index (χ0) is 25.5. The molecule has 1 N–H and O–H groups in total. The average Bonchev–Trinajstić information content (AvgIpc) is 3.45. The van der Waals surface area contributed by atoms with Gasteiger partial charge in [0, 0.05) is 36.9 Å². The maximum absolute atomic E-state index is 9.78. The summed E-state index contributed by atoms with van der Waals surface area (Å²) in [6.07, 6.45) is 3.40. The zero-order valence-corrected chi connectivity index (χ0v) is 21.7. The minimum Gasteiger partial charge on any atom is -0.491 e. The molecule has 0 atom stereocenters. The molecular weight excluding hydrogens is 484 g/mol. The Morgan fingerprint density at radius 3 is 2.68 bits per heavy atom. The maximum atomic E-state index is 9.78. The highest BCUT2D eigenvalue weighted by atomic mass is 32.1. The zero-order valence-electron chi connectivity index (χ0n) is 20.9. The standard InChI is InChI=1S/C29H30N4O3S/c1-34-29-26(36-13-2-10-33-11-14-35-15-12-33)8-7-25-27(23(18-30)19-31-28(25)29)32-24-5-3-21(4-6-24)17-22-9-16-37-20-22/h3-9,16,19-20H,2,10-15,17H2,1H3,(H,31,32). The number of hydrogen-bond donors (Lipinski definition) is 1. The van der Waals surface area contributed by atoms with Crippen molar-refractivity contribution in [3.8, 4) is 17.6 Å². The molecule has 0 unspecified atom stereocenters. The van der Waals surface area contributed by atoms with Crippen molar-refractivity contribution in [3.63, 3.8) is 0 Å². The minimum atomic E-state index is 0.469. The second-order valence-electron chi connectivity index (χ2n) is 8.94. The Labute approximate surface area is 221 Å². The molecule has 0 radical (unpaired) electrons. The SMILES string of the molecule is COc1c(OCCCN2CCOCC2)ccc2c(Nc3ccc(Cc4ccsc4)cc3)c(C#N)cnc12. The number of morpholine rings is 1. The summed E-state index contributed by atoms with van der Waals surface area (Å²) >= 11 is 1.71. The molecule has 1 aliphatic heterocycles. The molecule has 0 bridgehead atoms. The highest BCUT2D eigenvalue weighted by Gasteiger charge is 2.17. The number of thiophene rings is 1. The van der Waals surface area contributed by atoms with E-state index in [4.69, 9.17) is 14.2 Å². The third-order valence-corrected chi connectivity index (χ3v) is 7.20. The predicted molar refractivity (Wildman–Crippen MR) is 147 cm³/mol. The van der Waals surface area contributed by atoms with E-state index in [2.05, 4.69) is 50.2 Å². The smallest absolute Gasteiger partial charge is 0.187 e. The lowest BCUT2D eigenvalue weighted by molar-refractivity contribution is 0.0357. The van der Waals surface area contributed by atoms with Gasteiger partial charge in [0.25, 0.3) is 0 Å². The van der Waals surface area contributed by atoms with Crippen LogP contribution in [0.2, 0.25) is 0 Å². The highest BCUT2D eigenvalue weighted by molar-refractivity contribution is 7.07. The molecule has 2 aromatic carbocycles. The fourth-order valence-electron chi connectivity index (χ4n) is 4.53.